The zero-order valence-corrected chi connectivity index (χ0v) is 12.4. The Morgan fingerprint density at radius 3 is 2.67 bits per heavy atom. The number of ether oxygens (including phenoxy) is 2. The summed E-state index contributed by atoms with van der Waals surface area (Å²) in [7, 11) is 0. The number of hydrogen-bond acceptors (Lipinski definition) is 3. The van der Waals surface area contributed by atoms with E-state index in [0.717, 1.165) is 18.0 Å². The van der Waals surface area contributed by atoms with Gasteiger partial charge in [-0.1, -0.05) is 18.9 Å². The van der Waals surface area contributed by atoms with Gasteiger partial charge in [0.15, 0.2) is 11.5 Å². The molecule has 0 radical (unpaired) electrons. The van der Waals surface area contributed by atoms with Gasteiger partial charge in [0.2, 0.25) is 0 Å². The topological polar surface area (TPSA) is 30.5 Å². The average Bonchev–Trinajstić information content (AvgIpc) is 2.94. The van der Waals surface area contributed by atoms with E-state index < -0.39 is 6.61 Å². The molecule has 0 saturated heterocycles. The number of alkyl halides is 2. The molecule has 0 heterocycles. The summed E-state index contributed by atoms with van der Waals surface area (Å²) in [6.45, 7) is 1.12. The number of rotatable bonds is 8. The van der Waals surface area contributed by atoms with Crippen LogP contribution in [0.2, 0.25) is 0 Å². The second-order valence-electron chi connectivity index (χ2n) is 5.37. The third kappa shape index (κ3) is 5.16. The van der Waals surface area contributed by atoms with Gasteiger partial charge >= 0.3 is 6.61 Å². The Morgan fingerprint density at radius 2 is 2.00 bits per heavy atom. The first-order chi connectivity index (χ1) is 10.2. The predicted molar refractivity (Wildman–Crippen MR) is 77.9 cm³/mol. The lowest BCUT2D eigenvalue weighted by Crippen LogP contribution is -2.20. The quantitative estimate of drug-likeness (QED) is 0.788. The standard InChI is InChI=1S/C16H23F2NO2/c1-2-20-15-9-13(7-8-14(15)21-16(17)18)11-19-10-12-5-3-4-6-12/h7-9,12,16,19H,2-6,10-11H2,1H3. The van der Waals surface area contributed by atoms with Crippen molar-refractivity contribution in [2.45, 2.75) is 45.8 Å². The largest absolute Gasteiger partial charge is 0.490 e. The van der Waals surface area contributed by atoms with Gasteiger partial charge in [-0.25, -0.2) is 0 Å². The molecule has 1 aromatic rings. The molecule has 1 N–H and O–H groups in total. The van der Waals surface area contributed by atoms with Crippen LogP contribution < -0.4 is 14.8 Å². The summed E-state index contributed by atoms with van der Waals surface area (Å²) < 4.78 is 34.5. The van der Waals surface area contributed by atoms with Crippen LogP contribution in [0.1, 0.15) is 38.2 Å². The molecule has 1 aromatic carbocycles. The molecular formula is C16H23F2NO2. The van der Waals surface area contributed by atoms with Crippen molar-refractivity contribution in [3.05, 3.63) is 23.8 Å². The van der Waals surface area contributed by atoms with Crippen LogP contribution in [0.25, 0.3) is 0 Å². The average molecular weight is 299 g/mol. The van der Waals surface area contributed by atoms with Gasteiger partial charge in [-0.05, 0) is 49.9 Å². The van der Waals surface area contributed by atoms with Crippen molar-refractivity contribution in [2.24, 2.45) is 5.92 Å². The van der Waals surface area contributed by atoms with E-state index in [1.807, 2.05) is 6.92 Å². The molecule has 0 bridgehead atoms. The fourth-order valence-corrected chi connectivity index (χ4v) is 2.76. The molecule has 3 nitrogen and oxygen atoms in total. The maximum Gasteiger partial charge on any atom is 0.387 e. The number of nitrogens with one attached hydrogen (secondary N) is 1. The molecule has 0 aromatic heterocycles. The van der Waals surface area contributed by atoms with Crippen molar-refractivity contribution in [3.8, 4) is 11.5 Å². The van der Waals surface area contributed by atoms with E-state index >= 15 is 0 Å². The van der Waals surface area contributed by atoms with Crippen molar-refractivity contribution in [2.75, 3.05) is 13.2 Å². The molecule has 118 valence electrons. The highest BCUT2D eigenvalue weighted by atomic mass is 19.3. The van der Waals surface area contributed by atoms with E-state index in [0.29, 0.717) is 18.9 Å². The first-order valence-corrected chi connectivity index (χ1v) is 7.60. The lowest BCUT2D eigenvalue weighted by atomic mass is 10.1. The minimum Gasteiger partial charge on any atom is -0.490 e. The summed E-state index contributed by atoms with van der Waals surface area (Å²) in [4.78, 5) is 0. The fourth-order valence-electron chi connectivity index (χ4n) is 2.76. The Kier molecular flexibility index (Phi) is 6.23. The van der Waals surface area contributed by atoms with Crippen molar-refractivity contribution in [1.82, 2.24) is 5.32 Å². The molecule has 1 aliphatic rings. The molecule has 1 aliphatic carbocycles. The summed E-state index contributed by atoms with van der Waals surface area (Å²) in [5, 5.41) is 3.43. The van der Waals surface area contributed by atoms with Gasteiger partial charge in [0.25, 0.3) is 0 Å². The highest BCUT2D eigenvalue weighted by Crippen LogP contribution is 2.30. The molecular weight excluding hydrogens is 276 g/mol. The number of hydrogen-bond donors (Lipinski definition) is 1. The van der Waals surface area contributed by atoms with Gasteiger partial charge in [-0.3, -0.25) is 0 Å². The SMILES string of the molecule is CCOc1cc(CNCC2CCCC2)ccc1OC(F)F. The molecule has 5 heteroatoms. The van der Waals surface area contributed by atoms with Gasteiger partial charge in [-0.2, -0.15) is 8.78 Å². The molecule has 0 unspecified atom stereocenters. The maximum atomic E-state index is 12.3. The molecule has 1 saturated carbocycles. The lowest BCUT2D eigenvalue weighted by Gasteiger charge is -2.14. The first-order valence-electron chi connectivity index (χ1n) is 7.60. The zero-order chi connectivity index (χ0) is 15.1. The molecule has 0 amide bonds. The normalized spacial score (nSPS) is 15.6. The summed E-state index contributed by atoms with van der Waals surface area (Å²) in [6, 6.07) is 5.11. The van der Waals surface area contributed by atoms with Crippen LogP contribution in [0.5, 0.6) is 11.5 Å². The molecule has 1 fully saturated rings. The van der Waals surface area contributed by atoms with Crippen LogP contribution in [0.15, 0.2) is 18.2 Å². The smallest absolute Gasteiger partial charge is 0.387 e. The van der Waals surface area contributed by atoms with E-state index in [2.05, 4.69) is 10.1 Å². The molecule has 21 heavy (non-hydrogen) atoms. The van der Waals surface area contributed by atoms with Crippen LogP contribution in [0, 0.1) is 5.92 Å². The zero-order valence-electron chi connectivity index (χ0n) is 12.4. The minimum atomic E-state index is -2.84. The highest BCUT2D eigenvalue weighted by molar-refractivity contribution is 5.43. The van der Waals surface area contributed by atoms with E-state index in [1.165, 1.54) is 25.7 Å². The van der Waals surface area contributed by atoms with Crippen molar-refractivity contribution in [3.63, 3.8) is 0 Å². The maximum absolute atomic E-state index is 12.3. The Balaban J connectivity index is 1.91. The van der Waals surface area contributed by atoms with E-state index in [4.69, 9.17) is 4.74 Å². The Bertz CT molecular complexity index is 434. The third-order valence-corrected chi connectivity index (χ3v) is 3.76. The van der Waals surface area contributed by atoms with Crippen LogP contribution in [-0.4, -0.2) is 19.8 Å². The fraction of sp³-hybridized carbons (Fsp3) is 0.625. The van der Waals surface area contributed by atoms with E-state index in [1.54, 1.807) is 18.2 Å². The second kappa shape index (κ2) is 8.17. The Labute approximate surface area is 124 Å². The summed E-state index contributed by atoms with van der Waals surface area (Å²) in [5.41, 5.74) is 1.01. The minimum absolute atomic E-state index is 0.0893. The van der Waals surface area contributed by atoms with Crippen LogP contribution in [0.3, 0.4) is 0 Å². The third-order valence-electron chi connectivity index (χ3n) is 3.76. The van der Waals surface area contributed by atoms with Crippen molar-refractivity contribution >= 4 is 0 Å². The monoisotopic (exact) mass is 299 g/mol. The predicted octanol–water partition coefficient (Wildman–Crippen LogP) is 3.97. The second-order valence-corrected chi connectivity index (χ2v) is 5.37. The van der Waals surface area contributed by atoms with Gasteiger partial charge < -0.3 is 14.8 Å². The molecule has 0 atom stereocenters. The number of halogens is 2. The Morgan fingerprint density at radius 1 is 1.24 bits per heavy atom. The van der Waals surface area contributed by atoms with Gasteiger partial charge in [0.05, 0.1) is 6.61 Å². The summed E-state index contributed by atoms with van der Waals surface area (Å²) >= 11 is 0. The summed E-state index contributed by atoms with van der Waals surface area (Å²) in [6.07, 6.45) is 5.28. The van der Waals surface area contributed by atoms with Gasteiger partial charge in [0.1, 0.15) is 0 Å². The van der Waals surface area contributed by atoms with E-state index in [9.17, 15) is 8.78 Å². The molecule has 0 spiro atoms. The van der Waals surface area contributed by atoms with Crippen LogP contribution in [0.4, 0.5) is 8.78 Å². The van der Waals surface area contributed by atoms with Crippen LogP contribution in [-0.2, 0) is 6.54 Å². The first kappa shape index (κ1) is 16.0. The van der Waals surface area contributed by atoms with E-state index in [-0.39, 0.29) is 5.75 Å². The Hall–Kier alpha value is -1.36. The van der Waals surface area contributed by atoms with Crippen molar-refractivity contribution < 1.29 is 18.3 Å². The van der Waals surface area contributed by atoms with Gasteiger partial charge in [-0.15, -0.1) is 0 Å². The summed E-state index contributed by atoms with van der Waals surface area (Å²) in [5.74, 6) is 1.24. The lowest BCUT2D eigenvalue weighted by molar-refractivity contribution is -0.0514. The number of benzene rings is 1. The molecule has 2 rings (SSSR count). The van der Waals surface area contributed by atoms with Crippen LogP contribution >= 0.6 is 0 Å². The van der Waals surface area contributed by atoms with Gasteiger partial charge in [0, 0.05) is 6.54 Å². The highest BCUT2D eigenvalue weighted by Gasteiger charge is 2.15. The van der Waals surface area contributed by atoms with Crippen molar-refractivity contribution in [1.29, 1.82) is 0 Å². The molecule has 0 aliphatic heterocycles.